The molecule has 1 aliphatic heterocycles. The van der Waals surface area contributed by atoms with Crippen LogP contribution in [-0.2, 0) is 4.79 Å². The summed E-state index contributed by atoms with van der Waals surface area (Å²) in [5.74, 6) is 0.728. The van der Waals surface area contributed by atoms with Gasteiger partial charge in [-0.3, -0.25) is 4.79 Å². The molecule has 0 aliphatic carbocycles. The van der Waals surface area contributed by atoms with Gasteiger partial charge in [0.1, 0.15) is 0 Å². The van der Waals surface area contributed by atoms with E-state index in [2.05, 4.69) is 33.8 Å². The SMILES string of the molecule is Cc1cc(C2C(N)CCCC(=O)N2CC(C)C)c(C)s1. The monoisotopic (exact) mass is 294 g/mol. The second-order valence-electron chi connectivity index (χ2n) is 6.31. The molecule has 0 aromatic carbocycles. The number of nitrogens with two attached hydrogens (primary N) is 1. The van der Waals surface area contributed by atoms with E-state index in [4.69, 9.17) is 5.73 Å². The van der Waals surface area contributed by atoms with Crippen molar-refractivity contribution in [2.24, 2.45) is 11.7 Å². The first-order chi connectivity index (χ1) is 9.40. The van der Waals surface area contributed by atoms with Gasteiger partial charge in [-0.2, -0.15) is 0 Å². The minimum atomic E-state index is 0.0490. The highest BCUT2D eigenvalue weighted by molar-refractivity contribution is 7.12. The van der Waals surface area contributed by atoms with Crippen molar-refractivity contribution in [1.82, 2.24) is 4.90 Å². The molecule has 2 rings (SSSR count). The Morgan fingerprint density at radius 2 is 2.15 bits per heavy atom. The maximum Gasteiger partial charge on any atom is 0.223 e. The molecule has 0 radical (unpaired) electrons. The van der Waals surface area contributed by atoms with Gasteiger partial charge in [0.2, 0.25) is 5.91 Å². The lowest BCUT2D eigenvalue weighted by Gasteiger charge is -2.35. The molecule has 1 aliphatic rings. The van der Waals surface area contributed by atoms with E-state index in [0.29, 0.717) is 12.3 Å². The Morgan fingerprint density at radius 1 is 1.45 bits per heavy atom. The molecule has 4 heteroatoms. The van der Waals surface area contributed by atoms with Crippen LogP contribution in [0.5, 0.6) is 0 Å². The summed E-state index contributed by atoms with van der Waals surface area (Å²) < 4.78 is 0. The van der Waals surface area contributed by atoms with E-state index in [-0.39, 0.29) is 18.0 Å². The van der Waals surface area contributed by atoms with Crippen LogP contribution in [0.3, 0.4) is 0 Å². The minimum absolute atomic E-state index is 0.0490. The molecule has 20 heavy (non-hydrogen) atoms. The van der Waals surface area contributed by atoms with Crippen LogP contribution in [0.4, 0.5) is 0 Å². The molecule has 0 saturated carbocycles. The first-order valence-corrected chi connectivity index (χ1v) is 8.33. The minimum Gasteiger partial charge on any atom is -0.334 e. The molecule has 2 unspecified atom stereocenters. The number of carbonyl (C=O) groups is 1. The van der Waals surface area contributed by atoms with Crippen molar-refractivity contribution in [1.29, 1.82) is 0 Å². The molecule has 0 bridgehead atoms. The second kappa shape index (κ2) is 6.27. The molecule has 1 aromatic heterocycles. The highest BCUT2D eigenvalue weighted by Gasteiger charge is 2.34. The summed E-state index contributed by atoms with van der Waals surface area (Å²) in [6.45, 7) is 9.38. The predicted molar refractivity (Wildman–Crippen MR) is 84.9 cm³/mol. The fraction of sp³-hybridized carbons (Fsp3) is 0.688. The lowest BCUT2D eigenvalue weighted by atomic mass is 9.96. The number of carbonyl (C=O) groups excluding carboxylic acids is 1. The number of thiophene rings is 1. The van der Waals surface area contributed by atoms with Gasteiger partial charge in [-0.05, 0) is 44.2 Å². The molecule has 1 saturated heterocycles. The summed E-state index contributed by atoms with van der Waals surface area (Å²) in [4.78, 5) is 17.1. The molecule has 2 heterocycles. The summed E-state index contributed by atoms with van der Waals surface area (Å²) in [6, 6.07) is 2.32. The lowest BCUT2D eigenvalue weighted by molar-refractivity contribution is -0.133. The Balaban J connectivity index is 2.40. The van der Waals surface area contributed by atoms with Gasteiger partial charge >= 0.3 is 0 Å². The van der Waals surface area contributed by atoms with Crippen LogP contribution in [0, 0.1) is 19.8 Å². The van der Waals surface area contributed by atoms with Crippen molar-refractivity contribution in [3.8, 4) is 0 Å². The van der Waals surface area contributed by atoms with Gasteiger partial charge in [0.25, 0.3) is 0 Å². The molecule has 112 valence electrons. The van der Waals surface area contributed by atoms with Gasteiger partial charge in [-0.15, -0.1) is 11.3 Å². The standard InChI is InChI=1S/C16H26N2OS/c1-10(2)9-18-15(19)7-5-6-14(17)16(18)13-8-11(3)20-12(13)4/h8,10,14,16H,5-7,9,17H2,1-4H3. The average Bonchev–Trinajstić information content (AvgIpc) is 2.60. The van der Waals surface area contributed by atoms with Crippen molar-refractivity contribution in [2.45, 2.75) is 59.0 Å². The van der Waals surface area contributed by atoms with E-state index in [0.717, 1.165) is 19.4 Å². The van der Waals surface area contributed by atoms with E-state index in [1.807, 2.05) is 4.90 Å². The molecular formula is C16H26N2OS. The van der Waals surface area contributed by atoms with Gasteiger partial charge in [-0.1, -0.05) is 13.8 Å². The number of hydrogen-bond acceptors (Lipinski definition) is 3. The zero-order valence-corrected chi connectivity index (χ0v) is 13.8. The van der Waals surface area contributed by atoms with Gasteiger partial charge in [-0.25, -0.2) is 0 Å². The Bertz CT molecular complexity index is 481. The number of nitrogens with zero attached hydrogens (tertiary/aromatic N) is 1. The summed E-state index contributed by atoms with van der Waals surface area (Å²) >= 11 is 1.80. The van der Waals surface area contributed by atoms with Crippen molar-refractivity contribution in [3.05, 3.63) is 21.4 Å². The number of hydrogen-bond donors (Lipinski definition) is 1. The number of aryl methyl sites for hydroxylation is 2. The molecule has 2 N–H and O–H groups in total. The first kappa shape index (κ1) is 15.5. The Hall–Kier alpha value is -0.870. The van der Waals surface area contributed by atoms with Crippen LogP contribution in [0.15, 0.2) is 6.07 Å². The van der Waals surface area contributed by atoms with Crippen molar-refractivity contribution in [3.63, 3.8) is 0 Å². The molecule has 1 amide bonds. The van der Waals surface area contributed by atoms with Gasteiger partial charge in [0, 0.05) is 28.8 Å². The van der Waals surface area contributed by atoms with E-state index < -0.39 is 0 Å². The van der Waals surface area contributed by atoms with Crippen LogP contribution in [0.1, 0.15) is 54.5 Å². The van der Waals surface area contributed by atoms with Crippen LogP contribution in [0.25, 0.3) is 0 Å². The molecular weight excluding hydrogens is 268 g/mol. The van der Waals surface area contributed by atoms with Gasteiger partial charge < -0.3 is 10.6 Å². The van der Waals surface area contributed by atoms with Crippen LogP contribution < -0.4 is 5.73 Å². The summed E-state index contributed by atoms with van der Waals surface area (Å²) in [5.41, 5.74) is 7.69. The summed E-state index contributed by atoms with van der Waals surface area (Å²) in [5, 5.41) is 0. The van der Waals surface area contributed by atoms with Crippen LogP contribution in [-0.4, -0.2) is 23.4 Å². The first-order valence-electron chi connectivity index (χ1n) is 7.52. The molecule has 3 nitrogen and oxygen atoms in total. The third-order valence-electron chi connectivity index (χ3n) is 3.95. The molecule has 1 aromatic rings. The smallest absolute Gasteiger partial charge is 0.223 e. The Morgan fingerprint density at radius 3 is 2.70 bits per heavy atom. The molecule has 0 spiro atoms. The normalized spacial score (nSPS) is 24.3. The number of likely N-dealkylation sites (tertiary alicyclic amines) is 1. The fourth-order valence-electron chi connectivity index (χ4n) is 3.13. The van der Waals surface area contributed by atoms with E-state index in [1.54, 1.807) is 11.3 Å². The largest absolute Gasteiger partial charge is 0.334 e. The van der Waals surface area contributed by atoms with E-state index >= 15 is 0 Å². The zero-order valence-electron chi connectivity index (χ0n) is 13.0. The zero-order chi connectivity index (χ0) is 14.9. The van der Waals surface area contributed by atoms with Crippen molar-refractivity contribution < 1.29 is 4.79 Å². The van der Waals surface area contributed by atoms with Crippen LogP contribution in [0.2, 0.25) is 0 Å². The maximum absolute atomic E-state index is 12.5. The Kier molecular flexibility index (Phi) is 4.86. The van der Waals surface area contributed by atoms with Crippen molar-refractivity contribution >= 4 is 17.2 Å². The second-order valence-corrected chi connectivity index (χ2v) is 7.77. The number of amides is 1. The third-order valence-corrected chi connectivity index (χ3v) is 4.93. The average molecular weight is 294 g/mol. The van der Waals surface area contributed by atoms with E-state index in [1.165, 1.54) is 15.3 Å². The predicted octanol–water partition coefficient (Wildman–Crippen LogP) is 3.40. The Labute approximate surface area is 126 Å². The lowest BCUT2D eigenvalue weighted by Crippen LogP contribution is -2.43. The highest BCUT2D eigenvalue weighted by Crippen LogP contribution is 2.35. The summed E-state index contributed by atoms with van der Waals surface area (Å²) in [6.07, 6.45) is 2.48. The quantitative estimate of drug-likeness (QED) is 0.928. The van der Waals surface area contributed by atoms with Gasteiger partial charge in [0.15, 0.2) is 0 Å². The molecule has 2 atom stereocenters. The summed E-state index contributed by atoms with van der Waals surface area (Å²) in [7, 11) is 0. The van der Waals surface area contributed by atoms with Crippen LogP contribution >= 0.6 is 11.3 Å². The maximum atomic E-state index is 12.5. The molecule has 1 fully saturated rings. The van der Waals surface area contributed by atoms with Crippen molar-refractivity contribution in [2.75, 3.05) is 6.54 Å². The van der Waals surface area contributed by atoms with E-state index in [9.17, 15) is 4.79 Å². The third kappa shape index (κ3) is 3.23. The topological polar surface area (TPSA) is 46.3 Å². The fourth-order valence-corrected chi connectivity index (χ4v) is 4.09. The highest BCUT2D eigenvalue weighted by atomic mass is 32.1. The number of rotatable bonds is 3. The van der Waals surface area contributed by atoms with Gasteiger partial charge in [0.05, 0.1) is 6.04 Å².